The fourth-order valence-corrected chi connectivity index (χ4v) is 5.30. The van der Waals surface area contributed by atoms with Crippen LogP contribution in [0.4, 0.5) is 9.93 Å². The molecular formula is C19H30ClN3OS. The van der Waals surface area contributed by atoms with E-state index in [4.69, 9.17) is 11.6 Å². The second kappa shape index (κ2) is 7.83. The highest BCUT2D eigenvalue weighted by Gasteiger charge is 2.37. The maximum atomic E-state index is 13.0. The van der Waals surface area contributed by atoms with E-state index in [0.29, 0.717) is 27.0 Å². The van der Waals surface area contributed by atoms with Gasteiger partial charge in [-0.15, -0.1) is 0 Å². The molecule has 2 aliphatic carbocycles. The molecule has 2 saturated carbocycles. The van der Waals surface area contributed by atoms with Gasteiger partial charge >= 0.3 is 6.03 Å². The van der Waals surface area contributed by atoms with Gasteiger partial charge < -0.3 is 4.90 Å². The molecule has 0 aliphatic heterocycles. The van der Waals surface area contributed by atoms with Gasteiger partial charge in [-0.3, -0.25) is 5.32 Å². The largest absolute Gasteiger partial charge is 0.324 e. The quantitative estimate of drug-likeness (QED) is 0.677. The first-order chi connectivity index (χ1) is 11.8. The van der Waals surface area contributed by atoms with Crippen LogP contribution in [-0.2, 0) is 0 Å². The zero-order valence-corrected chi connectivity index (χ0v) is 17.1. The minimum Gasteiger partial charge on any atom is -0.319 e. The zero-order valence-electron chi connectivity index (χ0n) is 15.6. The van der Waals surface area contributed by atoms with Gasteiger partial charge in [-0.1, -0.05) is 56.6 Å². The second-order valence-electron chi connectivity index (χ2n) is 8.62. The molecule has 0 bridgehead atoms. The van der Waals surface area contributed by atoms with Gasteiger partial charge in [0.2, 0.25) is 0 Å². The molecule has 0 radical (unpaired) electrons. The summed E-state index contributed by atoms with van der Waals surface area (Å²) in [5.74, 6) is 0.759. The summed E-state index contributed by atoms with van der Waals surface area (Å²) in [6, 6.07) is 0.751. The topological polar surface area (TPSA) is 45.2 Å². The number of halogens is 1. The van der Waals surface area contributed by atoms with Gasteiger partial charge in [0.1, 0.15) is 4.34 Å². The number of anilines is 1. The summed E-state index contributed by atoms with van der Waals surface area (Å²) >= 11 is 7.27. The third kappa shape index (κ3) is 4.68. The van der Waals surface area contributed by atoms with Crippen molar-refractivity contribution >= 4 is 34.1 Å². The summed E-state index contributed by atoms with van der Waals surface area (Å²) in [6.07, 6.45) is 11.0. The molecule has 1 heterocycles. The Morgan fingerprint density at radius 3 is 2.28 bits per heavy atom. The number of hydrogen-bond acceptors (Lipinski definition) is 3. The molecule has 1 aromatic rings. The Bertz CT molecular complexity index is 584. The number of urea groups is 1. The first kappa shape index (κ1) is 19.0. The molecule has 0 atom stereocenters. The molecule has 1 aromatic heterocycles. The van der Waals surface area contributed by atoms with Crippen LogP contribution in [0, 0.1) is 11.3 Å². The summed E-state index contributed by atoms with van der Waals surface area (Å²) in [5.41, 5.74) is 0.364. The number of carbonyl (C=O) groups is 1. The Balaban J connectivity index is 1.68. The number of carbonyl (C=O) groups excluding carboxylic acids is 1. The monoisotopic (exact) mass is 383 g/mol. The van der Waals surface area contributed by atoms with Crippen molar-refractivity contribution in [1.82, 2.24) is 9.88 Å². The normalized spacial score (nSPS) is 25.1. The summed E-state index contributed by atoms with van der Waals surface area (Å²) < 4.78 is 0.605. The standard InChI is InChI=1S/C19H30ClN3OS/c1-19(2,3)13-8-10-15(11-9-13)23(14-6-4-5-7-14)18(24)22-17-21-12-16(20)25-17/h12-15H,4-11H2,1-3H3,(H,21,22,24). The van der Waals surface area contributed by atoms with Crippen molar-refractivity contribution in [3.63, 3.8) is 0 Å². The molecule has 0 unspecified atom stereocenters. The highest BCUT2D eigenvalue weighted by Crippen LogP contribution is 2.40. The summed E-state index contributed by atoms with van der Waals surface area (Å²) in [6.45, 7) is 7.02. The Hall–Kier alpha value is -0.810. The summed E-state index contributed by atoms with van der Waals surface area (Å²) in [5, 5.41) is 3.59. The molecule has 25 heavy (non-hydrogen) atoms. The van der Waals surface area contributed by atoms with Crippen molar-refractivity contribution in [2.45, 2.75) is 84.2 Å². The van der Waals surface area contributed by atoms with E-state index in [9.17, 15) is 4.79 Å². The van der Waals surface area contributed by atoms with Gasteiger partial charge in [0.05, 0.1) is 6.20 Å². The lowest BCUT2D eigenvalue weighted by atomic mass is 9.71. The molecule has 0 spiro atoms. The van der Waals surface area contributed by atoms with Crippen LogP contribution in [-0.4, -0.2) is 28.0 Å². The number of rotatable bonds is 3. The predicted molar refractivity (Wildman–Crippen MR) is 105 cm³/mol. The molecule has 2 amide bonds. The molecule has 140 valence electrons. The molecule has 1 N–H and O–H groups in total. The first-order valence-corrected chi connectivity index (χ1v) is 10.7. The summed E-state index contributed by atoms with van der Waals surface area (Å²) in [7, 11) is 0. The Kier molecular flexibility index (Phi) is 5.94. The number of nitrogens with zero attached hydrogens (tertiary/aromatic N) is 2. The minimum atomic E-state index is 0.0112. The Labute approximate surface area is 160 Å². The van der Waals surface area contributed by atoms with Gasteiger partial charge in [-0.25, -0.2) is 9.78 Å². The van der Waals surface area contributed by atoms with Crippen LogP contribution in [0.2, 0.25) is 4.34 Å². The molecule has 0 aromatic carbocycles. The van der Waals surface area contributed by atoms with Gasteiger partial charge in [0, 0.05) is 12.1 Å². The van der Waals surface area contributed by atoms with Gasteiger partial charge in [0.15, 0.2) is 5.13 Å². The Morgan fingerprint density at radius 2 is 1.76 bits per heavy atom. The molecular weight excluding hydrogens is 354 g/mol. The van der Waals surface area contributed by atoms with Crippen LogP contribution in [0.1, 0.15) is 72.1 Å². The van der Waals surface area contributed by atoms with Crippen molar-refractivity contribution in [1.29, 1.82) is 0 Å². The third-order valence-corrected chi connectivity index (χ3v) is 6.99. The zero-order chi connectivity index (χ0) is 18.0. The lowest BCUT2D eigenvalue weighted by molar-refractivity contribution is 0.0927. The van der Waals surface area contributed by atoms with Crippen molar-refractivity contribution in [3.05, 3.63) is 10.5 Å². The third-order valence-electron chi connectivity index (χ3n) is 5.96. The van der Waals surface area contributed by atoms with Gasteiger partial charge in [-0.2, -0.15) is 0 Å². The van der Waals surface area contributed by atoms with Crippen LogP contribution in [0.3, 0.4) is 0 Å². The van der Waals surface area contributed by atoms with E-state index < -0.39 is 0 Å². The highest BCUT2D eigenvalue weighted by atomic mass is 35.5. The summed E-state index contributed by atoms with van der Waals surface area (Å²) in [4.78, 5) is 19.4. The van der Waals surface area contributed by atoms with Crippen LogP contribution in [0.15, 0.2) is 6.20 Å². The fourth-order valence-electron chi connectivity index (χ4n) is 4.50. The molecule has 2 aliphatic rings. The van der Waals surface area contributed by atoms with Crippen LogP contribution >= 0.6 is 22.9 Å². The SMILES string of the molecule is CC(C)(C)C1CCC(N(C(=O)Nc2ncc(Cl)s2)C2CCCC2)CC1. The van der Waals surface area contributed by atoms with E-state index in [2.05, 4.69) is 36.0 Å². The fraction of sp³-hybridized carbons (Fsp3) is 0.789. The average Bonchev–Trinajstić information content (AvgIpc) is 3.19. The lowest BCUT2D eigenvalue weighted by Crippen LogP contribution is -2.50. The lowest BCUT2D eigenvalue weighted by Gasteiger charge is -2.43. The molecule has 0 saturated heterocycles. The average molecular weight is 384 g/mol. The van der Waals surface area contributed by atoms with Crippen LogP contribution < -0.4 is 5.32 Å². The molecule has 2 fully saturated rings. The van der Waals surface area contributed by atoms with Crippen molar-refractivity contribution in [2.75, 3.05) is 5.32 Å². The van der Waals surface area contributed by atoms with Gasteiger partial charge in [-0.05, 0) is 49.9 Å². The molecule has 3 rings (SSSR count). The Morgan fingerprint density at radius 1 is 1.16 bits per heavy atom. The number of hydrogen-bond donors (Lipinski definition) is 1. The van der Waals surface area contributed by atoms with Crippen LogP contribution in [0.25, 0.3) is 0 Å². The van der Waals surface area contributed by atoms with Crippen molar-refractivity contribution < 1.29 is 4.79 Å². The second-order valence-corrected chi connectivity index (χ2v) is 10.3. The van der Waals surface area contributed by atoms with Crippen molar-refractivity contribution in [3.8, 4) is 0 Å². The number of aromatic nitrogens is 1. The predicted octanol–water partition coefficient (Wildman–Crippen LogP) is 6.18. The maximum absolute atomic E-state index is 13.0. The van der Waals surface area contributed by atoms with E-state index in [0.717, 1.165) is 31.6 Å². The van der Waals surface area contributed by atoms with E-state index >= 15 is 0 Å². The maximum Gasteiger partial charge on any atom is 0.324 e. The van der Waals surface area contributed by atoms with E-state index in [-0.39, 0.29) is 6.03 Å². The molecule has 6 heteroatoms. The number of amides is 2. The van der Waals surface area contributed by atoms with Crippen molar-refractivity contribution in [2.24, 2.45) is 11.3 Å². The minimum absolute atomic E-state index is 0.0112. The first-order valence-electron chi connectivity index (χ1n) is 9.55. The van der Waals surface area contributed by atoms with Gasteiger partial charge in [0.25, 0.3) is 0 Å². The number of nitrogens with one attached hydrogen (secondary N) is 1. The smallest absolute Gasteiger partial charge is 0.319 e. The highest BCUT2D eigenvalue weighted by molar-refractivity contribution is 7.19. The van der Waals surface area contributed by atoms with E-state index in [1.54, 1.807) is 6.20 Å². The van der Waals surface area contributed by atoms with E-state index in [1.807, 2.05) is 0 Å². The van der Waals surface area contributed by atoms with Crippen LogP contribution in [0.5, 0.6) is 0 Å². The molecule has 4 nitrogen and oxygen atoms in total. The number of thiazole rings is 1. The van der Waals surface area contributed by atoms with E-state index in [1.165, 1.54) is 37.0 Å².